The number of benzene rings is 1. The van der Waals surface area contributed by atoms with Crippen molar-refractivity contribution in [1.29, 1.82) is 0 Å². The maximum Gasteiger partial charge on any atom is 0.329 e. The highest BCUT2D eigenvalue weighted by Gasteiger charge is 2.25. The van der Waals surface area contributed by atoms with Crippen molar-refractivity contribution in [3.63, 3.8) is 0 Å². The molecule has 0 heterocycles. The second-order valence-corrected chi connectivity index (χ2v) is 7.17. The van der Waals surface area contributed by atoms with E-state index in [1.807, 2.05) is 51.1 Å². The van der Waals surface area contributed by atoms with E-state index in [1.54, 1.807) is 0 Å². The molecule has 1 N–H and O–H groups in total. The van der Waals surface area contributed by atoms with Crippen LogP contribution in [0.1, 0.15) is 58.9 Å². The number of amides is 1. The molecule has 0 aliphatic heterocycles. The van der Waals surface area contributed by atoms with E-state index >= 15 is 0 Å². The Balaban J connectivity index is 2.23. The van der Waals surface area contributed by atoms with E-state index in [-0.39, 0.29) is 11.9 Å². The maximum absolute atomic E-state index is 12.2. The Hall–Kier alpha value is -1.88. The van der Waals surface area contributed by atoms with Gasteiger partial charge in [0.1, 0.15) is 11.6 Å². The summed E-state index contributed by atoms with van der Waals surface area (Å²) in [6, 6.07) is 9.48. The third-order valence-electron chi connectivity index (χ3n) is 3.46. The van der Waals surface area contributed by atoms with Gasteiger partial charge in [0.15, 0.2) is 0 Å². The van der Waals surface area contributed by atoms with E-state index in [9.17, 15) is 9.59 Å². The smallest absolute Gasteiger partial charge is 0.329 e. The molecule has 140 valence electrons. The van der Waals surface area contributed by atoms with Gasteiger partial charge in [-0.05, 0) is 39.2 Å². The molecule has 5 nitrogen and oxygen atoms in total. The van der Waals surface area contributed by atoms with Crippen LogP contribution in [0.4, 0.5) is 0 Å². The Morgan fingerprint density at radius 3 is 2.36 bits per heavy atom. The van der Waals surface area contributed by atoms with E-state index in [1.165, 1.54) is 6.92 Å². The average molecular weight is 349 g/mol. The molecule has 1 rings (SSSR count). The van der Waals surface area contributed by atoms with Crippen LogP contribution in [-0.2, 0) is 25.7 Å². The SMILES string of the molecule is CC(=O)NC(CCCCCOCc1ccccc1)C(=O)OC(C)(C)C. The van der Waals surface area contributed by atoms with Gasteiger partial charge in [0.05, 0.1) is 6.61 Å². The number of unbranched alkanes of at least 4 members (excludes halogenated alkanes) is 2. The van der Waals surface area contributed by atoms with Crippen LogP contribution in [0.2, 0.25) is 0 Å². The van der Waals surface area contributed by atoms with Gasteiger partial charge in [-0.2, -0.15) is 0 Å². The summed E-state index contributed by atoms with van der Waals surface area (Å²) in [4.78, 5) is 23.4. The fourth-order valence-electron chi connectivity index (χ4n) is 2.36. The molecule has 5 heteroatoms. The lowest BCUT2D eigenvalue weighted by Gasteiger charge is -2.24. The molecule has 0 saturated heterocycles. The Bertz CT molecular complexity index is 522. The van der Waals surface area contributed by atoms with Crippen molar-refractivity contribution in [2.75, 3.05) is 6.61 Å². The minimum absolute atomic E-state index is 0.220. The molecule has 0 spiro atoms. The second kappa shape index (κ2) is 10.9. The molecule has 0 radical (unpaired) electrons. The lowest BCUT2D eigenvalue weighted by Crippen LogP contribution is -2.43. The Labute approximate surface area is 151 Å². The summed E-state index contributed by atoms with van der Waals surface area (Å²) in [6.45, 7) is 8.17. The zero-order chi connectivity index (χ0) is 18.7. The maximum atomic E-state index is 12.2. The monoisotopic (exact) mass is 349 g/mol. The van der Waals surface area contributed by atoms with Gasteiger partial charge in [-0.25, -0.2) is 4.79 Å². The van der Waals surface area contributed by atoms with E-state index in [0.29, 0.717) is 19.6 Å². The Morgan fingerprint density at radius 1 is 1.08 bits per heavy atom. The summed E-state index contributed by atoms with van der Waals surface area (Å²) in [5.74, 6) is -0.593. The number of ether oxygens (including phenoxy) is 2. The highest BCUT2D eigenvalue weighted by atomic mass is 16.6. The van der Waals surface area contributed by atoms with Crippen molar-refractivity contribution in [3.8, 4) is 0 Å². The van der Waals surface area contributed by atoms with E-state index in [4.69, 9.17) is 9.47 Å². The number of hydrogen-bond donors (Lipinski definition) is 1. The number of carbonyl (C=O) groups excluding carboxylic acids is 2. The number of hydrogen-bond acceptors (Lipinski definition) is 4. The highest BCUT2D eigenvalue weighted by molar-refractivity contribution is 5.83. The van der Waals surface area contributed by atoms with Crippen LogP contribution in [0.3, 0.4) is 0 Å². The van der Waals surface area contributed by atoms with Gasteiger partial charge >= 0.3 is 5.97 Å². The molecule has 0 bridgehead atoms. The fraction of sp³-hybridized carbons (Fsp3) is 0.600. The van der Waals surface area contributed by atoms with Crippen molar-refractivity contribution >= 4 is 11.9 Å². The Morgan fingerprint density at radius 2 is 1.76 bits per heavy atom. The largest absolute Gasteiger partial charge is 0.458 e. The standard InChI is InChI=1S/C20H31NO4/c1-16(22)21-18(19(23)25-20(2,3)4)13-9-6-10-14-24-15-17-11-7-5-8-12-17/h5,7-8,11-12,18H,6,9-10,13-15H2,1-4H3,(H,21,22). The summed E-state index contributed by atoms with van der Waals surface area (Å²) in [5, 5.41) is 2.68. The van der Waals surface area contributed by atoms with E-state index in [0.717, 1.165) is 24.8 Å². The molecular weight excluding hydrogens is 318 g/mol. The highest BCUT2D eigenvalue weighted by Crippen LogP contribution is 2.12. The molecule has 1 unspecified atom stereocenters. The molecule has 0 aliphatic rings. The van der Waals surface area contributed by atoms with Crippen molar-refractivity contribution < 1.29 is 19.1 Å². The molecular formula is C20H31NO4. The van der Waals surface area contributed by atoms with Gasteiger partial charge in [0.2, 0.25) is 5.91 Å². The van der Waals surface area contributed by atoms with Crippen LogP contribution in [-0.4, -0.2) is 30.1 Å². The fourth-order valence-corrected chi connectivity index (χ4v) is 2.36. The number of rotatable bonds is 10. The minimum atomic E-state index is -0.582. The molecule has 0 fully saturated rings. The minimum Gasteiger partial charge on any atom is -0.458 e. The molecule has 1 atom stereocenters. The van der Waals surface area contributed by atoms with Crippen molar-refractivity contribution in [2.45, 2.75) is 71.6 Å². The van der Waals surface area contributed by atoms with Gasteiger partial charge in [-0.3, -0.25) is 4.79 Å². The molecule has 0 aromatic heterocycles. The second-order valence-electron chi connectivity index (χ2n) is 7.17. The molecule has 0 saturated carbocycles. The van der Waals surface area contributed by atoms with Crippen molar-refractivity contribution in [2.24, 2.45) is 0 Å². The third-order valence-corrected chi connectivity index (χ3v) is 3.46. The van der Waals surface area contributed by atoms with Crippen LogP contribution in [0.5, 0.6) is 0 Å². The first-order valence-electron chi connectivity index (χ1n) is 8.89. The topological polar surface area (TPSA) is 64.6 Å². The Kier molecular flexibility index (Phi) is 9.21. The number of carbonyl (C=O) groups is 2. The van der Waals surface area contributed by atoms with Crippen LogP contribution >= 0.6 is 0 Å². The first-order chi connectivity index (χ1) is 11.8. The van der Waals surface area contributed by atoms with E-state index in [2.05, 4.69) is 5.32 Å². The van der Waals surface area contributed by atoms with Crippen LogP contribution < -0.4 is 5.32 Å². The van der Waals surface area contributed by atoms with Crippen LogP contribution in [0.15, 0.2) is 30.3 Å². The van der Waals surface area contributed by atoms with Crippen molar-refractivity contribution in [1.82, 2.24) is 5.32 Å². The van der Waals surface area contributed by atoms with Gasteiger partial charge < -0.3 is 14.8 Å². The predicted octanol–water partition coefficient (Wildman–Crippen LogP) is 3.61. The van der Waals surface area contributed by atoms with Crippen molar-refractivity contribution in [3.05, 3.63) is 35.9 Å². The first-order valence-corrected chi connectivity index (χ1v) is 8.89. The van der Waals surface area contributed by atoms with E-state index < -0.39 is 11.6 Å². The number of nitrogens with one attached hydrogen (secondary N) is 1. The molecule has 1 aromatic carbocycles. The molecule has 1 aromatic rings. The predicted molar refractivity (Wildman–Crippen MR) is 98.0 cm³/mol. The summed E-state index contributed by atoms with van der Waals surface area (Å²) >= 11 is 0. The summed E-state index contributed by atoms with van der Waals surface area (Å²) in [5.41, 5.74) is 0.608. The van der Waals surface area contributed by atoms with Crippen LogP contribution in [0, 0.1) is 0 Å². The van der Waals surface area contributed by atoms with Gasteiger partial charge in [-0.1, -0.05) is 43.2 Å². The summed E-state index contributed by atoms with van der Waals surface area (Å²) in [7, 11) is 0. The summed E-state index contributed by atoms with van der Waals surface area (Å²) in [6.07, 6.45) is 3.27. The lowest BCUT2D eigenvalue weighted by atomic mass is 10.1. The van der Waals surface area contributed by atoms with Gasteiger partial charge in [0, 0.05) is 13.5 Å². The lowest BCUT2D eigenvalue weighted by molar-refractivity contribution is -0.158. The normalized spacial score (nSPS) is 12.5. The molecule has 0 aliphatic carbocycles. The third kappa shape index (κ3) is 10.6. The molecule has 1 amide bonds. The quantitative estimate of drug-likeness (QED) is 0.518. The van der Waals surface area contributed by atoms with Crippen LogP contribution in [0.25, 0.3) is 0 Å². The zero-order valence-electron chi connectivity index (χ0n) is 15.8. The van der Waals surface area contributed by atoms with Gasteiger partial charge in [-0.15, -0.1) is 0 Å². The average Bonchev–Trinajstić information content (AvgIpc) is 2.51. The first kappa shape index (κ1) is 21.2. The van der Waals surface area contributed by atoms with Gasteiger partial charge in [0.25, 0.3) is 0 Å². The number of esters is 1. The molecule has 25 heavy (non-hydrogen) atoms. The summed E-state index contributed by atoms with van der Waals surface area (Å²) < 4.78 is 11.0. The zero-order valence-corrected chi connectivity index (χ0v) is 15.8.